The highest BCUT2D eigenvalue weighted by molar-refractivity contribution is 14.1. The van der Waals surface area contributed by atoms with E-state index in [-0.39, 0.29) is 5.78 Å². The van der Waals surface area contributed by atoms with Crippen LogP contribution in [0.25, 0.3) is 0 Å². The van der Waals surface area contributed by atoms with Crippen molar-refractivity contribution in [1.82, 2.24) is 0 Å². The smallest absolute Gasteiger partial charge is 0.147 e. The summed E-state index contributed by atoms with van der Waals surface area (Å²) in [6.07, 6.45) is 0.517. The highest BCUT2D eigenvalue weighted by Crippen LogP contribution is 2.20. The Balaban J connectivity index is 2.96. The van der Waals surface area contributed by atoms with Crippen LogP contribution < -0.4 is 0 Å². The number of carbonyl (C=O) groups is 1. The lowest BCUT2D eigenvalue weighted by atomic mass is 10.0. The number of hydrogen-bond acceptors (Lipinski definition) is 1. The third-order valence-corrected chi connectivity index (χ3v) is 4.08. The van der Waals surface area contributed by atoms with Crippen LogP contribution in [0, 0.1) is 3.57 Å². The Kier molecular flexibility index (Phi) is 5.62. The van der Waals surface area contributed by atoms with E-state index in [9.17, 15) is 4.79 Å². The minimum atomic E-state index is 0.217. The van der Waals surface area contributed by atoms with Crippen LogP contribution in [-0.4, -0.2) is 11.1 Å². The number of carbonyl (C=O) groups excluding carboxylic acids is 1. The first-order chi connectivity index (χ1) is 6.69. The van der Waals surface area contributed by atoms with Crippen molar-refractivity contribution in [3.8, 4) is 0 Å². The molecule has 0 heterocycles. The van der Waals surface area contributed by atoms with Crippen molar-refractivity contribution in [2.24, 2.45) is 0 Å². The Labute approximate surface area is 114 Å². The highest BCUT2D eigenvalue weighted by atomic mass is 127. The minimum absolute atomic E-state index is 0.217. The quantitative estimate of drug-likeness (QED) is 0.525. The molecule has 0 N–H and O–H groups in total. The molecular weight excluding hydrogens is 423 g/mol. The van der Waals surface area contributed by atoms with E-state index in [1.807, 2.05) is 12.1 Å². The van der Waals surface area contributed by atoms with E-state index >= 15 is 0 Å². The van der Waals surface area contributed by atoms with Gasteiger partial charge >= 0.3 is 0 Å². The van der Waals surface area contributed by atoms with Crippen LogP contribution in [0.2, 0.25) is 0 Å². The molecule has 0 radical (unpaired) electrons. The molecule has 0 unspecified atom stereocenters. The zero-order valence-corrected chi connectivity index (χ0v) is 12.7. The summed E-state index contributed by atoms with van der Waals surface area (Å²) in [5.74, 6) is 0.217. The summed E-state index contributed by atoms with van der Waals surface area (Å²) in [5.41, 5.74) is 2.35. The summed E-state index contributed by atoms with van der Waals surface area (Å²) in [6.45, 7) is 0. The second kappa shape index (κ2) is 6.23. The van der Waals surface area contributed by atoms with Gasteiger partial charge in [0.25, 0.3) is 0 Å². The summed E-state index contributed by atoms with van der Waals surface area (Å²) in [7, 11) is 0. The standard InChI is InChI=1S/C10H9Br2IO/c11-5-8(14)4-7-2-1-3-10(13)9(7)6-12/h1-3H,4-6H2. The van der Waals surface area contributed by atoms with E-state index < -0.39 is 0 Å². The van der Waals surface area contributed by atoms with E-state index in [0.29, 0.717) is 11.8 Å². The average Bonchev–Trinajstić information content (AvgIpc) is 2.18. The summed E-state index contributed by atoms with van der Waals surface area (Å²) < 4.78 is 1.21. The predicted octanol–water partition coefficient (Wildman–Crippen LogP) is 3.69. The molecule has 0 amide bonds. The minimum Gasteiger partial charge on any atom is -0.298 e. The van der Waals surface area contributed by atoms with Crippen molar-refractivity contribution in [2.45, 2.75) is 11.8 Å². The third-order valence-electron chi connectivity index (χ3n) is 1.89. The Morgan fingerprint density at radius 1 is 1.36 bits per heavy atom. The maximum Gasteiger partial charge on any atom is 0.147 e. The Morgan fingerprint density at radius 3 is 2.64 bits per heavy atom. The zero-order valence-electron chi connectivity index (χ0n) is 7.40. The van der Waals surface area contributed by atoms with Crippen LogP contribution in [0.3, 0.4) is 0 Å². The molecule has 1 rings (SSSR count). The molecular formula is C10H9Br2IO. The zero-order chi connectivity index (χ0) is 10.6. The van der Waals surface area contributed by atoms with Crippen LogP contribution in [0.1, 0.15) is 11.1 Å². The van der Waals surface area contributed by atoms with Gasteiger partial charge in [-0.2, -0.15) is 0 Å². The molecule has 1 aromatic rings. The fraction of sp³-hybridized carbons (Fsp3) is 0.300. The topological polar surface area (TPSA) is 17.1 Å². The molecule has 0 aliphatic heterocycles. The second-order valence-corrected chi connectivity index (χ2v) is 5.14. The number of halogens is 3. The first-order valence-corrected chi connectivity index (χ1v) is 7.41. The van der Waals surface area contributed by atoms with Crippen molar-refractivity contribution < 1.29 is 4.79 Å². The summed E-state index contributed by atoms with van der Waals surface area (Å²) >= 11 is 8.91. The molecule has 4 heteroatoms. The van der Waals surface area contributed by atoms with Gasteiger partial charge in [-0.3, -0.25) is 4.79 Å². The van der Waals surface area contributed by atoms with Crippen LogP contribution in [0.5, 0.6) is 0 Å². The van der Waals surface area contributed by atoms with Gasteiger partial charge in [0.05, 0.1) is 5.33 Å². The van der Waals surface area contributed by atoms with Crippen LogP contribution in [-0.2, 0) is 16.5 Å². The van der Waals surface area contributed by atoms with Gasteiger partial charge in [-0.15, -0.1) is 0 Å². The van der Waals surface area contributed by atoms with Gasteiger partial charge in [-0.05, 0) is 39.8 Å². The van der Waals surface area contributed by atoms with Crippen LogP contribution in [0.4, 0.5) is 0 Å². The highest BCUT2D eigenvalue weighted by Gasteiger charge is 2.08. The molecule has 14 heavy (non-hydrogen) atoms. The lowest BCUT2D eigenvalue weighted by Gasteiger charge is -2.07. The van der Waals surface area contributed by atoms with E-state index in [1.165, 1.54) is 9.13 Å². The molecule has 0 atom stereocenters. The number of rotatable bonds is 4. The lowest BCUT2D eigenvalue weighted by Crippen LogP contribution is -2.06. The summed E-state index contributed by atoms with van der Waals surface area (Å²) in [5, 5.41) is 1.23. The Bertz CT molecular complexity index is 339. The van der Waals surface area contributed by atoms with E-state index in [2.05, 4.69) is 60.5 Å². The first kappa shape index (κ1) is 12.6. The fourth-order valence-electron chi connectivity index (χ4n) is 1.18. The average molecular weight is 432 g/mol. The van der Waals surface area contributed by atoms with Crippen molar-refractivity contribution in [1.29, 1.82) is 0 Å². The van der Waals surface area contributed by atoms with Crippen molar-refractivity contribution in [3.63, 3.8) is 0 Å². The van der Waals surface area contributed by atoms with E-state index in [0.717, 1.165) is 10.9 Å². The fourth-order valence-corrected chi connectivity index (χ4v) is 3.31. The van der Waals surface area contributed by atoms with Crippen molar-refractivity contribution >= 4 is 60.2 Å². The number of alkyl halides is 2. The largest absolute Gasteiger partial charge is 0.298 e. The van der Waals surface area contributed by atoms with Gasteiger partial charge in [0.1, 0.15) is 5.78 Å². The Morgan fingerprint density at radius 2 is 2.07 bits per heavy atom. The third kappa shape index (κ3) is 3.31. The Hall–Kier alpha value is 0.580. The maximum atomic E-state index is 11.3. The molecule has 0 bridgehead atoms. The van der Waals surface area contributed by atoms with Crippen LogP contribution >= 0.6 is 54.5 Å². The summed E-state index contributed by atoms with van der Waals surface area (Å²) in [4.78, 5) is 11.3. The molecule has 0 aromatic heterocycles. The van der Waals surface area contributed by atoms with E-state index in [4.69, 9.17) is 0 Å². The number of ketones is 1. The molecule has 76 valence electrons. The number of benzene rings is 1. The first-order valence-electron chi connectivity index (χ1n) is 4.09. The molecule has 0 saturated heterocycles. The van der Waals surface area contributed by atoms with Crippen LogP contribution in [0.15, 0.2) is 18.2 Å². The van der Waals surface area contributed by atoms with Crippen molar-refractivity contribution in [2.75, 3.05) is 5.33 Å². The van der Waals surface area contributed by atoms with Gasteiger partial charge in [-0.25, -0.2) is 0 Å². The number of Topliss-reactive ketones (excluding diaryl/α,β-unsaturated/α-hetero) is 1. The molecule has 1 aromatic carbocycles. The van der Waals surface area contributed by atoms with Crippen molar-refractivity contribution in [3.05, 3.63) is 32.9 Å². The molecule has 0 fully saturated rings. The predicted molar refractivity (Wildman–Crippen MR) is 74.3 cm³/mol. The van der Waals surface area contributed by atoms with Gasteiger partial charge in [0, 0.05) is 15.3 Å². The van der Waals surface area contributed by atoms with Gasteiger partial charge in [0.15, 0.2) is 0 Å². The van der Waals surface area contributed by atoms with E-state index in [1.54, 1.807) is 0 Å². The normalized spacial score (nSPS) is 10.2. The lowest BCUT2D eigenvalue weighted by molar-refractivity contribution is -0.115. The maximum absolute atomic E-state index is 11.3. The molecule has 1 nitrogen and oxygen atoms in total. The SMILES string of the molecule is O=C(CBr)Cc1cccc(I)c1CBr. The van der Waals surface area contributed by atoms with Gasteiger partial charge in [0.2, 0.25) is 0 Å². The van der Waals surface area contributed by atoms with Gasteiger partial charge in [-0.1, -0.05) is 44.0 Å². The molecule has 0 spiro atoms. The number of hydrogen-bond donors (Lipinski definition) is 0. The molecule has 0 aliphatic carbocycles. The second-order valence-electron chi connectivity index (χ2n) is 2.86. The molecule has 0 saturated carbocycles. The molecule has 0 aliphatic rings. The van der Waals surface area contributed by atoms with Gasteiger partial charge < -0.3 is 0 Å². The monoisotopic (exact) mass is 430 g/mol. The summed E-state index contributed by atoms with van der Waals surface area (Å²) in [6, 6.07) is 6.06.